The highest BCUT2D eigenvalue weighted by Gasteiger charge is 2.24. The second kappa shape index (κ2) is 14.3. The topological polar surface area (TPSA) is 145 Å². The highest BCUT2D eigenvalue weighted by molar-refractivity contribution is 5.99. The van der Waals surface area contributed by atoms with Gasteiger partial charge in [0.05, 0.1) is 28.4 Å². The van der Waals surface area contributed by atoms with E-state index in [0.29, 0.717) is 35.6 Å². The van der Waals surface area contributed by atoms with Gasteiger partial charge in [-0.25, -0.2) is 14.2 Å². The number of nitriles is 1. The van der Waals surface area contributed by atoms with Gasteiger partial charge in [0.25, 0.3) is 5.91 Å². The number of anilines is 1. The van der Waals surface area contributed by atoms with Crippen LogP contribution in [0.4, 0.5) is 15.0 Å². The van der Waals surface area contributed by atoms with Crippen molar-refractivity contribution in [2.75, 3.05) is 25.0 Å². The van der Waals surface area contributed by atoms with Gasteiger partial charge < -0.3 is 26.0 Å². The van der Waals surface area contributed by atoms with E-state index in [0.717, 1.165) is 5.56 Å². The second-order valence-electron chi connectivity index (χ2n) is 11.5. The lowest BCUT2D eigenvalue weighted by Gasteiger charge is -2.27. The summed E-state index contributed by atoms with van der Waals surface area (Å²) in [5.41, 5.74) is 1.06. The van der Waals surface area contributed by atoms with E-state index in [4.69, 9.17) is 4.74 Å². The van der Waals surface area contributed by atoms with Gasteiger partial charge in [-0.3, -0.25) is 9.59 Å². The average molecular weight is 589 g/mol. The number of alkyl carbamates (subject to hydrolysis) is 1. The Morgan fingerprint density at radius 2 is 1.72 bits per heavy atom. The van der Waals surface area contributed by atoms with Crippen LogP contribution in [0.25, 0.3) is 11.3 Å². The lowest BCUT2D eigenvalue weighted by Crippen LogP contribution is -2.53. The second-order valence-corrected chi connectivity index (χ2v) is 11.5. The molecule has 0 aliphatic carbocycles. The summed E-state index contributed by atoms with van der Waals surface area (Å²) in [5, 5.41) is 20.7. The maximum atomic E-state index is 13.6. The molecule has 0 unspecified atom stereocenters. The van der Waals surface area contributed by atoms with Crippen molar-refractivity contribution in [2.45, 2.75) is 52.2 Å². The third-order valence-electron chi connectivity index (χ3n) is 6.02. The molecule has 43 heavy (non-hydrogen) atoms. The van der Waals surface area contributed by atoms with Gasteiger partial charge in [-0.05, 0) is 76.9 Å². The van der Waals surface area contributed by atoms with Crippen LogP contribution in [0.3, 0.4) is 0 Å². The Hall–Kier alpha value is -4.98. The van der Waals surface area contributed by atoms with Crippen LogP contribution in [-0.2, 0) is 16.0 Å². The van der Waals surface area contributed by atoms with Crippen molar-refractivity contribution in [2.24, 2.45) is 0 Å². The molecular formula is C32H37FN6O4. The summed E-state index contributed by atoms with van der Waals surface area (Å²) in [6.45, 7) is 8.78. The molecule has 0 spiro atoms. The Morgan fingerprint density at radius 3 is 2.42 bits per heavy atom. The van der Waals surface area contributed by atoms with Gasteiger partial charge in [-0.1, -0.05) is 30.3 Å². The Labute approximate surface area is 251 Å². The molecule has 1 heterocycles. The van der Waals surface area contributed by atoms with E-state index in [1.54, 1.807) is 77.1 Å². The molecule has 0 saturated heterocycles. The van der Waals surface area contributed by atoms with Crippen molar-refractivity contribution >= 4 is 23.7 Å². The Morgan fingerprint density at radius 1 is 0.977 bits per heavy atom. The fourth-order valence-electron chi connectivity index (χ4n) is 4.08. The van der Waals surface area contributed by atoms with Gasteiger partial charge in [0.2, 0.25) is 5.91 Å². The number of hydrogen-bond donors (Lipinski definition) is 4. The monoisotopic (exact) mass is 588 g/mol. The minimum absolute atomic E-state index is 0.0752. The van der Waals surface area contributed by atoms with Gasteiger partial charge in [0.1, 0.15) is 23.8 Å². The predicted molar refractivity (Wildman–Crippen MR) is 162 cm³/mol. The van der Waals surface area contributed by atoms with Crippen LogP contribution in [0.2, 0.25) is 0 Å². The number of hydrogen-bond acceptors (Lipinski definition) is 7. The molecule has 226 valence electrons. The number of benzene rings is 2. The first-order valence-electron chi connectivity index (χ1n) is 13.8. The van der Waals surface area contributed by atoms with Crippen molar-refractivity contribution in [3.05, 3.63) is 83.2 Å². The number of aromatic nitrogens is 1. The van der Waals surface area contributed by atoms with Crippen molar-refractivity contribution in [1.82, 2.24) is 20.9 Å². The summed E-state index contributed by atoms with van der Waals surface area (Å²) in [6.07, 6.45) is -0.227. The van der Waals surface area contributed by atoms with E-state index >= 15 is 0 Å². The van der Waals surface area contributed by atoms with Crippen LogP contribution in [0.5, 0.6) is 0 Å². The largest absolute Gasteiger partial charge is 0.444 e. The zero-order valence-electron chi connectivity index (χ0n) is 25.0. The number of halogens is 1. The Bertz CT molecular complexity index is 1510. The molecule has 3 rings (SSSR count). The minimum Gasteiger partial charge on any atom is -0.444 e. The predicted octanol–water partition coefficient (Wildman–Crippen LogP) is 4.56. The van der Waals surface area contributed by atoms with Crippen LogP contribution in [0, 0.1) is 17.1 Å². The zero-order chi connectivity index (χ0) is 31.6. The number of rotatable bonds is 11. The molecule has 4 N–H and O–H groups in total. The Kier molecular flexibility index (Phi) is 10.8. The summed E-state index contributed by atoms with van der Waals surface area (Å²) in [7, 11) is 0. The first kappa shape index (κ1) is 32.5. The van der Waals surface area contributed by atoms with Gasteiger partial charge in [-0.15, -0.1) is 0 Å². The van der Waals surface area contributed by atoms with Crippen molar-refractivity contribution < 1.29 is 23.5 Å². The molecule has 0 fully saturated rings. The fourth-order valence-corrected chi connectivity index (χ4v) is 4.08. The summed E-state index contributed by atoms with van der Waals surface area (Å²) in [6, 6.07) is 18.7. The lowest BCUT2D eigenvalue weighted by atomic mass is 10.0. The van der Waals surface area contributed by atoms with Crippen LogP contribution in [0.1, 0.15) is 56.1 Å². The van der Waals surface area contributed by atoms with Gasteiger partial charge in [0, 0.05) is 18.7 Å². The molecule has 0 radical (unpaired) electrons. The van der Waals surface area contributed by atoms with Crippen LogP contribution in [0.15, 0.2) is 60.7 Å². The summed E-state index contributed by atoms with van der Waals surface area (Å²) < 4.78 is 18.8. The third-order valence-corrected chi connectivity index (χ3v) is 6.02. The van der Waals surface area contributed by atoms with Gasteiger partial charge >= 0.3 is 6.09 Å². The molecule has 1 aromatic heterocycles. The molecule has 0 aliphatic rings. The van der Waals surface area contributed by atoms with Crippen molar-refractivity contribution in [3.63, 3.8) is 0 Å². The molecule has 0 atom stereocenters. The third kappa shape index (κ3) is 10.4. The van der Waals surface area contributed by atoms with Crippen molar-refractivity contribution in [3.8, 4) is 17.3 Å². The molecule has 11 heteroatoms. The number of pyridine rings is 1. The number of amides is 3. The van der Waals surface area contributed by atoms with E-state index in [-0.39, 0.29) is 24.5 Å². The fraction of sp³-hybridized carbons (Fsp3) is 0.344. The first-order valence-corrected chi connectivity index (χ1v) is 13.8. The smallest absolute Gasteiger partial charge is 0.408 e. The summed E-state index contributed by atoms with van der Waals surface area (Å²) in [4.78, 5) is 42.2. The number of carbonyl (C=O) groups excluding carboxylic acids is 3. The number of ether oxygens (including phenoxy) is 1. The van der Waals surface area contributed by atoms with Crippen LogP contribution >= 0.6 is 0 Å². The molecule has 0 saturated carbocycles. The van der Waals surface area contributed by atoms with E-state index in [1.165, 1.54) is 12.1 Å². The highest BCUT2D eigenvalue weighted by Crippen LogP contribution is 2.25. The van der Waals surface area contributed by atoms with Gasteiger partial charge in [-0.2, -0.15) is 5.26 Å². The molecular weight excluding hydrogens is 551 g/mol. The minimum atomic E-state index is -0.855. The maximum absolute atomic E-state index is 13.6. The van der Waals surface area contributed by atoms with Crippen LogP contribution in [-0.4, -0.2) is 53.7 Å². The SMILES string of the molecule is CC(C)(CNC(=O)c1ccc(-c2ccccc2C#N)nc1NCCc1cccc(F)c1)NC(=O)CNC(=O)OC(C)(C)C. The quantitative estimate of drug-likeness (QED) is 0.257. The number of nitrogens with zero attached hydrogens (tertiary/aromatic N) is 2. The van der Waals surface area contributed by atoms with E-state index in [1.807, 2.05) is 6.07 Å². The summed E-state index contributed by atoms with van der Waals surface area (Å²) >= 11 is 0. The molecule has 3 aromatic rings. The normalized spacial score (nSPS) is 11.2. The first-order chi connectivity index (χ1) is 20.3. The zero-order valence-corrected chi connectivity index (χ0v) is 25.0. The molecule has 2 aromatic carbocycles. The van der Waals surface area contributed by atoms with E-state index < -0.39 is 29.0 Å². The number of nitrogens with one attached hydrogen (secondary N) is 4. The number of carbonyl (C=O) groups is 3. The Balaban J connectivity index is 1.71. The molecule has 10 nitrogen and oxygen atoms in total. The molecule has 0 aliphatic heterocycles. The lowest BCUT2D eigenvalue weighted by molar-refractivity contribution is -0.121. The van der Waals surface area contributed by atoms with Crippen LogP contribution < -0.4 is 21.3 Å². The van der Waals surface area contributed by atoms with E-state index in [9.17, 15) is 24.0 Å². The highest BCUT2D eigenvalue weighted by atomic mass is 19.1. The van der Waals surface area contributed by atoms with Gasteiger partial charge in [0.15, 0.2) is 0 Å². The summed E-state index contributed by atoms with van der Waals surface area (Å²) in [5.74, 6) is -0.925. The molecule has 0 bridgehead atoms. The van der Waals surface area contributed by atoms with Crippen molar-refractivity contribution in [1.29, 1.82) is 5.26 Å². The maximum Gasteiger partial charge on any atom is 0.408 e. The standard InChI is InChI=1S/C32H37FN6O4/c1-31(2,3)43-30(42)36-19-27(40)39-32(4,5)20-37-29(41)25-13-14-26(24-12-7-6-10-22(24)18-34)38-28(25)35-16-15-21-9-8-11-23(33)17-21/h6-14,17H,15-16,19-20H2,1-5H3,(H,35,38)(H,36,42)(H,37,41)(H,39,40). The average Bonchev–Trinajstić information content (AvgIpc) is 2.94. The van der Waals surface area contributed by atoms with E-state index in [2.05, 4.69) is 32.3 Å². The molecule has 3 amide bonds.